The number of fused-ring (bicyclic) bond motifs is 2. The Kier molecular flexibility index (Phi) is 11.5. The van der Waals surface area contributed by atoms with E-state index in [1.165, 1.54) is 0 Å². The number of nitrogens with one attached hydrogen (secondary N) is 4. The van der Waals surface area contributed by atoms with Crippen LogP contribution >= 0.6 is 0 Å². The lowest BCUT2D eigenvalue weighted by molar-refractivity contribution is -0.136. The molecule has 0 saturated carbocycles. The van der Waals surface area contributed by atoms with E-state index in [1.54, 1.807) is 24.0 Å². The Morgan fingerprint density at radius 1 is 0.617 bits per heavy atom. The normalized spacial score (nSPS) is 16.5. The first-order valence-corrected chi connectivity index (χ1v) is 20.5. The van der Waals surface area contributed by atoms with Crippen molar-refractivity contribution in [3.8, 4) is 11.5 Å². The zero-order valence-corrected chi connectivity index (χ0v) is 34.4. The van der Waals surface area contributed by atoms with Crippen LogP contribution in [0.2, 0.25) is 0 Å². The van der Waals surface area contributed by atoms with Crippen molar-refractivity contribution in [3.63, 3.8) is 0 Å². The average Bonchev–Trinajstić information content (AvgIpc) is 4.07. The minimum atomic E-state index is -0.532. The molecular formula is C48H50N6O6. The molecule has 4 N–H and O–H groups in total. The summed E-state index contributed by atoms with van der Waals surface area (Å²) in [4.78, 5) is 64.2. The fraction of sp³-hybridized carbons (Fsp3) is 0.292. The molecule has 2 saturated heterocycles. The number of ether oxygens (including phenoxy) is 2. The van der Waals surface area contributed by atoms with Gasteiger partial charge in [-0.1, -0.05) is 36.4 Å². The third-order valence-electron chi connectivity index (χ3n) is 11.9. The molecular weight excluding hydrogens is 757 g/mol. The van der Waals surface area contributed by atoms with Gasteiger partial charge in [-0.25, -0.2) is 0 Å². The number of likely N-dealkylation sites (tertiary alicyclic amines) is 2. The number of nitrogens with zero attached hydrogens (tertiary/aromatic N) is 2. The molecule has 60 heavy (non-hydrogen) atoms. The second-order valence-corrected chi connectivity index (χ2v) is 15.7. The number of methoxy groups -OCH3 is 2. The fourth-order valence-corrected chi connectivity index (χ4v) is 8.61. The van der Waals surface area contributed by atoms with Crippen molar-refractivity contribution in [2.75, 3.05) is 37.9 Å². The van der Waals surface area contributed by atoms with Gasteiger partial charge in [-0.3, -0.25) is 19.2 Å². The number of aromatic nitrogens is 2. The second-order valence-electron chi connectivity index (χ2n) is 15.7. The Balaban J connectivity index is 0.833. The molecule has 2 atom stereocenters. The van der Waals surface area contributed by atoms with Crippen LogP contribution in [0.5, 0.6) is 11.5 Å². The Hall–Kier alpha value is -6.82. The van der Waals surface area contributed by atoms with E-state index in [1.807, 2.05) is 111 Å². The van der Waals surface area contributed by atoms with Gasteiger partial charge < -0.3 is 39.9 Å². The number of hydrogen-bond donors (Lipinski definition) is 4. The number of H-pyrrole nitrogens is 2. The van der Waals surface area contributed by atoms with E-state index >= 15 is 0 Å². The predicted molar refractivity (Wildman–Crippen MR) is 235 cm³/mol. The zero-order valence-electron chi connectivity index (χ0n) is 34.4. The summed E-state index contributed by atoms with van der Waals surface area (Å²) in [7, 11) is 3.25. The summed E-state index contributed by atoms with van der Waals surface area (Å²) in [6.45, 7) is 5.01. The third kappa shape index (κ3) is 8.36. The van der Waals surface area contributed by atoms with Crippen molar-refractivity contribution in [1.82, 2.24) is 19.8 Å². The van der Waals surface area contributed by atoms with Gasteiger partial charge in [0.25, 0.3) is 0 Å². The van der Waals surface area contributed by atoms with Crippen LogP contribution in [0.25, 0.3) is 34.0 Å². The average molecular weight is 807 g/mol. The molecule has 6 aromatic rings. The van der Waals surface area contributed by atoms with Crippen LogP contribution in [-0.2, 0) is 32.0 Å². The van der Waals surface area contributed by atoms with Gasteiger partial charge in [0.2, 0.25) is 23.6 Å². The van der Waals surface area contributed by atoms with E-state index < -0.39 is 12.1 Å². The van der Waals surface area contributed by atoms with E-state index in [0.29, 0.717) is 37.3 Å². The largest absolute Gasteiger partial charge is 0.497 e. The maximum Gasteiger partial charge on any atom is 0.247 e. The molecule has 2 aromatic heterocycles. The van der Waals surface area contributed by atoms with Gasteiger partial charge in [0.05, 0.1) is 27.1 Å². The van der Waals surface area contributed by atoms with E-state index in [9.17, 15) is 19.2 Å². The summed E-state index contributed by atoms with van der Waals surface area (Å²) in [6.07, 6.45) is 7.13. The monoisotopic (exact) mass is 806 g/mol. The number of benzene rings is 4. The zero-order chi connectivity index (χ0) is 41.9. The van der Waals surface area contributed by atoms with E-state index in [4.69, 9.17) is 9.47 Å². The Labute approximate surface area is 348 Å². The molecule has 0 radical (unpaired) electrons. The van der Waals surface area contributed by atoms with Crippen molar-refractivity contribution in [2.45, 2.75) is 64.5 Å². The highest BCUT2D eigenvalue weighted by Gasteiger charge is 2.36. The molecule has 2 fully saturated rings. The van der Waals surface area contributed by atoms with Crippen LogP contribution in [0.3, 0.4) is 0 Å². The molecule has 4 heterocycles. The van der Waals surface area contributed by atoms with Crippen LogP contribution in [0.15, 0.2) is 84.9 Å². The smallest absolute Gasteiger partial charge is 0.247 e. The highest BCUT2D eigenvalue weighted by atomic mass is 16.5. The molecule has 0 bridgehead atoms. The molecule has 12 heteroatoms. The SMILES string of the molecule is COc1ccc2[nH]c(C)c(CC(=O)N3CCC[C@H]3C(=O)Nc3ccc(/C=C/c4ccc(NC(=O)[C@@H]5CCCN5C(=O)Cc5c(C)[nH]c6ccc(OC)cc56)cc4)cc3)c2c1. The van der Waals surface area contributed by atoms with E-state index in [0.717, 1.165) is 79.8 Å². The van der Waals surface area contributed by atoms with Crippen molar-refractivity contribution in [2.24, 2.45) is 0 Å². The van der Waals surface area contributed by atoms with Crippen LogP contribution in [-0.4, -0.2) is 82.8 Å². The standard InChI is InChI=1S/C48H50N6O6/c1-29-37(39-25-35(59-3)19-21-41(39)49-29)27-45(55)53-23-5-7-43(53)47(57)51-33-15-11-31(12-16-33)9-10-32-13-17-34(18-14-32)52-48(58)44-8-6-24-54(44)46(56)28-38-30(2)50-42-22-20-36(60-4)26-40(38)42/h9-22,25-26,43-44,49-50H,5-8,23-24,27-28H2,1-4H3,(H,51,57)(H,52,58)/b10-9+/t43-,44-/m0/s1. The Morgan fingerprint density at radius 3 is 1.40 bits per heavy atom. The number of aryl methyl sites for hydroxylation is 2. The van der Waals surface area contributed by atoms with Gasteiger partial charge in [0.1, 0.15) is 23.6 Å². The molecule has 2 aliphatic heterocycles. The summed E-state index contributed by atoms with van der Waals surface area (Å²) in [5.74, 6) is 0.928. The summed E-state index contributed by atoms with van der Waals surface area (Å²) in [5.41, 5.74) is 8.80. The summed E-state index contributed by atoms with van der Waals surface area (Å²) in [6, 6.07) is 25.6. The number of carbonyl (C=O) groups excluding carboxylic acids is 4. The fourth-order valence-electron chi connectivity index (χ4n) is 8.61. The van der Waals surface area contributed by atoms with Crippen LogP contribution < -0.4 is 20.1 Å². The molecule has 4 amide bonds. The van der Waals surface area contributed by atoms with Gasteiger partial charge in [-0.2, -0.15) is 0 Å². The number of anilines is 2. The number of carbonyl (C=O) groups is 4. The van der Waals surface area contributed by atoms with Crippen molar-refractivity contribution >= 4 is 69.0 Å². The molecule has 0 aliphatic carbocycles. The molecule has 4 aromatic carbocycles. The molecule has 0 spiro atoms. The number of amides is 4. The molecule has 8 rings (SSSR count). The Morgan fingerprint density at radius 2 is 1.02 bits per heavy atom. The van der Waals surface area contributed by atoms with Gasteiger partial charge in [-0.05, 0) is 122 Å². The van der Waals surface area contributed by atoms with Crippen molar-refractivity contribution < 1.29 is 28.7 Å². The maximum absolute atomic E-state index is 13.6. The van der Waals surface area contributed by atoms with Crippen molar-refractivity contribution in [1.29, 1.82) is 0 Å². The molecule has 12 nitrogen and oxygen atoms in total. The maximum atomic E-state index is 13.6. The number of rotatable bonds is 12. The third-order valence-corrected chi connectivity index (χ3v) is 11.9. The van der Waals surface area contributed by atoms with Crippen LogP contribution in [0, 0.1) is 13.8 Å². The highest BCUT2D eigenvalue weighted by molar-refractivity contribution is 6.00. The predicted octanol–water partition coefficient (Wildman–Crippen LogP) is 7.80. The molecule has 308 valence electrons. The van der Waals surface area contributed by atoms with Gasteiger partial charge in [-0.15, -0.1) is 0 Å². The minimum Gasteiger partial charge on any atom is -0.497 e. The second kappa shape index (κ2) is 17.2. The van der Waals surface area contributed by atoms with Crippen LogP contribution in [0.1, 0.15) is 59.3 Å². The van der Waals surface area contributed by atoms with E-state index in [-0.39, 0.29) is 36.5 Å². The van der Waals surface area contributed by atoms with Gasteiger partial charge in [0.15, 0.2) is 0 Å². The first-order valence-electron chi connectivity index (χ1n) is 20.5. The van der Waals surface area contributed by atoms with Crippen molar-refractivity contribution in [3.05, 3.63) is 119 Å². The quantitative estimate of drug-likeness (QED) is 0.0929. The lowest BCUT2D eigenvalue weighted by atomic mass is 10.1. The lowest BCUT2D eigenvalue weighted by Crippen LogP contribution is -2.43. The lowest BCUT2D eigenvalue weighted by Gasteiger charge is -2.24. The van der Waals surface area contributed by atoms with E-state index in [2.05, 4.69) is 20.6 Å². The molecule has 0 unspecified atom stereocenters. The first kappa shape index (κ1) is 40.0. The number of hydrogen-bond acceptors (Lipinski definition) is 6. The highest BCUT2D eigenvalue weighted by Crippen LogP contribution is 2.31. The van der Waals surface area contributed by atoms with Crippen LogP contribution in [0.4, 0.5) is 11.4 Å². The molecule has 2 aliphatic rings. The Bertz CT molecular complexity index is 2430. The summed E-state index contributed by atoms with van der Waals surface area (Å²) >= 11 is 0. The summed E-state index contributed by atoms with van der Waals surface area (Å²) in [5, 5.41) is 7.94. The van der Waals surface area contributed by atoms with Gasteiger partial charge in [0, 0.05) is 57.7 Å². The number of aromatic amines is 2. The topological polar surface area (TPSA) is 149 Å². The first-order chi connectivity index (χ1) is 29.1. The van der Waals surface area contributed by atoms with Gasteiger partial charge >= 0.3 is 0 Å². The summed E-state index contributed by atoms with van der Waals surface area (Å²) < 4.78 is 10.8. The minimum absolute atomic E-state index is 0.0716.